The number of halogens is 1. The quantitative estimate of drug-likeness (QED) is 0.865. The monoisotopic (exact) mass is 343 g/mol. The molecule has 1 aliphatic heterocycles. The molecule has 1 aromatic heterocycles. The number of hydrogen-bond donors (Lipinski definition) is 1. The predicted octanol–water partition coefficient (Wildman–Crippen LogP) is 2.67. The van der Waals surface area contributed by atoms with Crippen LogP contribution in [-0.2, 0) is 4.79 Å². The number of carbonyl (C=O) groups is 3. The summed E-state index contributed by atoms with van der Waals surface area (Å²) >= 11 is 5.88. The minimum absolute atomic E-state index is 0.00645. The molecule has 1 aromatic carbocycles. The zero-order valence-electron chi connectivity index (χ0n) is 12.9. The Morgan fingerprint density at radius 1 is 1.25 bits per heavy atom. The summed E-state index contributed by atoms with van der Waals surface area (Å²) < 4.78 is 0. The van der Waals surface area contributed by atoms with Gasteiger partial charge in [-0.3, -0.25) is 24.3 Å². The summed E-state index contributed by atoms with van der Waals surface area (Å²) in [6, 6.07) is 8.29. The van der Waals surface area contributed by atoms with Crippen LogP contribution in [0.15, 0.2) is 36.5 Å². The van der Waals surface area contributed by atoms with E-state index in [2.05, 4.69) is 10.3 Å². The van der Waals surface area contributed by atoms with Gasteiger partial charge < -0.3 is 5.32 Å². The maximum Gasteiger partial charge on any atom is 0.280 e. The van der Waals surface area contributed by atoms with Crippen molar-refractivity contribution in [1.82, 2.24) is 9.88 Å². The lowest BCUT2D eigenvalue weighted by Crippen LogP contribution is -2.33. The first-order valence-electron chi connectivity index (χ1n) is 7.34. The van der Waals surface area contributed by atoms with Gasteiger partial charge >= 0.3 is 0 Å². The number of hydrogen-bond acceptors (Lipinski definition) is 4. The van der Waals surface area contributed by atoms with Crippen LogP contribution in [0.2, 0.25) is 5.02 Å². The fourth-order valence-electron chi connectivity index (χ4n) is 2.51. The van der Waals surface area contributed by atoms with E-state index in [1.54, 1.807) is 30.3 Å². The molecule has 0 saturated heterocycles. The largest absolute Gasteiger partial charge is 0.326 e. The van der Waals surface area contributed by atoms with Crippen LogP contribution >= 0.6 is 11.6 Å². The zero-order chi connectivity index (χ0) is 17.3. The second-order valence-electron chi connectivity index (χ2n) is 5.42. The third kappa shape index (κ3) is 3.00. The highest BCUT2D eigenvalue weighted by Crippen LogP contribution is 2.22. The molecule has 0 aliphatic carbocycles. The summed E-state index contributed by atoms with van der Waals surface area (Å²) in [5.74, 6) is -1.17. The first-order chi connectivity index (χ1) is 11.5. The van der Waals surface area contributed by atoms with Gasteiger partial charge in [-0.1, -0.05) is 11.6 Å². The molecular weight excluding hydrogens is 330 g/mol. The highest BCUT2D eigenvalue weighted by Gasteiger charge is 2.36. The molecule has 0 bridgehead atoms. The van der Waals surface area contributed by atoms with E-state index >= 15 is 0 Å². The van der Waals surface area contributed by atoms with Crippen molar-refractivity contribution >= 4 is 35.0 Å². The van der Waals surface area contributed by atoms with Crippen molar-refractivity contribution in [1.29, 1.82) is 0 Å². The second-order valence-corrected chi connectivity index (χ2v) is 5.86. The van der Waals surface area contributed by atoms with Gasteiger partial charge in [-0.25, -0.2) is 0 Å². The lowest BCUT2D eigenvalue weighted by atomic mass is 10.2. The number of benzene rings is 1. The molecule has 2 aromatic rings. The molecule has 24 heavy (non-hydrogen) atoms. The highest BCUT2D eigenvalue weighted by molar-refractivity contribution is 6.30. The summed E-state index contributed by atoms with van der Waals surface area (Å²) in [5.41, 5.74) is 1.89. The molecule has 0 spiro atoms. The van der Waals surface area contributed by atoms with Crippen molar-refractivity contribution in [3.63, 3.8) is 0 Å². The van der Waals surface area contributed by atoms with Crippen LogP contribution in [0.3, 0.4) is 0 Å². The SMILES string of the molecule is Cc1cc(Cl)ccc1NC(=O)CCN1C(=O)c2cccnc2C1=O. The van der Waals surface area contributed by atoms with E-state index in [-0.39, 0.29) is 30.1 Å². The first kappa shape index (κ1) is 16.1. The zero-order valence-corrected chi connectivity index (χ0v) is 13.6. The van der Waals surface area contributed by atoms with Crippen molar-refractivity contribution in [3.8, 4) is 0 Å². The van der Waals surface area contributed by atoms with Crippen LogP contribution in [0.25, 0.3) is 0 Å². The molecule has 0 radical (unpaired) electrons. The van der Waals surface area contributed by atoms with Gasteiger partial charge in [0.1, 0.15) is 5.69 Å². The van der Waals surface area contributed by atoms with E-state index in [9.17, 15) is 14.4 Å². The van der Waals surface area contributed by atoms with Gasteiger partial charge in [-0.2, -0.15) is 0 Å². The smallest absolute Gasteiger partial charge is 0.280 e. The summed E-state index contributed by atoms with van der Waals surface area (Å²) in [6.07, 6.45) is 1.47. The average Bonchev–Trinajstić information content (AvgIpc) is 2.80. The lowest BCUT2D eigenvalue weighted by Gasteiger charge is -2.14. The van der Waals surface area contributed by atoms with Gasteiger partial charge in [-0.15, -0.1) is 0 Å². The molecule has 6 nitrogen and oxygen atoms in total. The maximum absolute atomic E-state index is 12.2. The number of pyridine rings is 1. The topological polar surface area (TPSA) is 79.4 Å². The molecule has 3 amide bonds. The van der Waals surface area contributed by atoms with E-state index < -0.39 is 11.8 Å². The fourth-order valence-corrected chi connectivity index (χ4v) is 2.74. The average molecular weight is 344 g/mol. The van der Waals surface area contributed by atoms with Crippen LogP contribution in [0.4, 0.5) is 5.69 Å². The Morgan fingerprint density at radius 2 is 2.04 bits per heavy atom. The minimum Gasteiger partial charge on any atom is -0.326 e. The molecule has 7 heteroatoms. The molecular formula is C17H14ClN3O3. The van der Waals surface area contributed by atoms with E-state index in [4.69, 9.17) is 11.6 Å². The van der Waals surface area contributed by atoms with Crippen molar-refractivity contribution in [2.75, 3.05) is 11.9 Å². The minimum atomic E-state index is -0.467. The normalized spacial score (nSPS) is 13.2. The van der Waals surface area contributed by atoms with Crippen molar-refractivity contribution in [2.45, 2.75) is 13.3 Å². The molecule has 0 saturated carbocycles. The fraction of sp³-hybridized carbons (Fsp3) is 0.176. The molecule has 3 rings (SSSR count). The molecule has 122 valence electrons. The molecule has 1 aliphatic rings. The van der Waals surface area contributed by atoms with Gasteiger partial charge in [0.25, 0.3) is 11.8 Å². The van der Waals surface area contributed by atoms with Crippen LogP contribution in [0.1, 0.15) is 32.8 Å². The van der Waals surface area contributed by atoms with Crippen LogP contribution < -0.4 is 5.32 Å². The standard InChI is InChI=1S/C17H14ClN3O3/c1-10-9-11(18)4-5-13(10)20-14(22)6-8-21-16(23)12-3-2-7-19-15(12)17(21)24/h2-5,7,9H,6,8H2,1H3,(H,20,22). The number of nitrogens with zero attached hydrogens (tertiary/aromatic N) is 2. The van der Waals surface area contributed by atoms with E-state index in [0.717, 1.165) is 10.5 Å². The number of anilines is 1. The van der Waals surface area contributed by atoms with Crippen molar-refractivity contribution in [3.05, 3.63) is 58.4 Å². The Balaban J connectivity index is 1.63. The number of imide groups is 1. The Bertz CT molecular complexity index is 816. The lowest BCUT2D eigenvalue weighted by molar-refractivity contribution is -0.116. The second kappa shape index (κ2) is 6.41. The molecule has 0 fully saturated rings. The molecule has 1 N–H and O–H groups in total. The van der Waals surface area contributed by atoms with E-state index in [0.29, 0.717) is 10.7 Å². The Morgan fingerprint density at radius 3 is 2.75 bits per heavy atom. The van der Waals surface area contributed by atoms with Gasteiger partial charge in [0.05, 0.1) is 5.56 Å². The predicted molar refractivity (Wildman–Crippen MR) is 89.0 cm³/mol. The Kier molecular flexibility index (Phi) is 4.31. The number of aryl methyl sites for hydroxylation is 1. The van der Waals surface area contributed by atoms with E-state index in [1.165, 1.54) is 6.20 Å². The first-order valence-corrected chi connectivity index (χ1v) is 7.72. The highest BCUT2D eigenvalue weighted by atomic mass is 35.5. The third-order valence-electron chi connectivity index (χ3n) is 3.76. The van der Waals surface area contributed by atoms with E-state index in [1.807, 2.05) is 6.92 Å². The number of carbonyl (C=O) groups excluding carboxylic acids is 3. The summed E-state index contributed by atoms with van der Waals surface area (Å²) in [5, 5.41) is 3.34. The number of fused-ring (bicyclic) bond motifs is 1. The molecule has 2 heterocycles. The summed E-state index contributed by atoms with van der Waals surface area (Å²) in [7, 11) is 0. The van der Waals surface area contributed by atoms with Gasteiger partial charge in [0, 0.05) is 29.9 Å². The number of amides is 3. The van der Waals surface area contributed by atoms with Gasteiger partial charge in [0.2, 0.25) is 5.91 Å². The number of aromatic nitrogens is 1. The Hall–Kier alpha value is -2.73. The maximum atomic E-state index is 12.2. The Labute approximate surface area is 143 Å². The van der Waals surface area contributed by atoms with Crippen LogP contribution in [0, 0.1) is 6.92 Å². The van der Waals surface area contributed by atoms with Crippen molar-refractivity contribution < 1.29 is 14.4 Å². The molecule has 0 atom stereocenters. The summed E-state index contributed by atoms with van der Waals surface area (Å²) in [4.78, 5) is 41.4. The van der Waals surface area contributed by atoms with Gasteiger partial charge in [0.15, 0.2) is 0 Å². The molecule has 0 unspecified atom stereocenters. The summed E-state index contributed by atoms with van der Waals surface area (Å²) in [6.45, 7) is 1.84. The van der Waals surface area contributed by atoms with Crippen molar-refractivity contribution in [2.24, 2.45) is 0 Å². The van der Waals surface area contributed by atoms with Gasteiger partial charge in [-0.05, 0) is 42.8 Å². The number of nitrogens with one attached hydrogen (secondary N) is 1. The van der Waals surface area contributed by atoms with Crippen LogP contribution in [0.5, 0.6) is 0 Å². The third-order valence-corrected chi connectivity index (χ3v) is 3.99. The number of rotatable bonds is 4. The van der Waals surface area contributed by atoms with Crippen LogP contribution in [-0.4, -0.2) is 34.2 Å².